The lowest BCUT2D eigenvalue weighted by Gasteiger charge is -2.31. The molecule has 2 atom stereocenters. The second-order valence-electron chi connectivity index (χ2n) is 5.03. The van der Waals surface area contributed by atoms with Crippen LogP contribution in [0.5, 0.6) is 0 Å². The van der Waals surface area contributed by atoms with Gasteiger partial charge in [-0.1, -0.05) is 6.92 Å². The number of hydrogen-bond acceptors (Lipinski definition) is 3. The van der Waals surface area contributed by atoms with Crippen LogP contribution in [0.4, 0.5) is 0 Å². The molecule has 0 aliphatic carbocycles. The molecule has 90 valence electrons. The van der Waals surface area contributed by atoms with E-state index in [2.05, 4.69) is 31.0 Å². The van der Waals surface area contributed by atoms with E-state index in [1.165, 1.54) is 19.4 Å². The summed E-state index contributed by atoms with van der Waals surface area (Å²) in [5.41, 5.74) is -0.100. The lowest BCUT2D eigenvalue weighted by Crippen LogP contribution is -2.48. The van der Waals surface area contributed by atoms with Gasteiger partial charge in [-0.05, 0) is 46.2 Å². The maximum absolute atomic E-state index is 9.38. The third kappa shape index (κ3) is 3.74. The summed E-state index contributed by atoms with van der Waals surface area (Å²) in [6, 6.07) is 0.731. The molecular formula is C12H26N2O. The summed E-state index contributed by atoms with van der Waals surface area (Å²) in [4.78, 5) is 2.53. The SMILES string of the molecule is CCNC(C)(CO)CCN1CCCC1C. The Morgan fingerprint density at radius 2 is 2.27 bits per heavy atom. The van der Waals surface area contributed by atoms with E-state index in [0.29, 0.717) is 0 Å². The zero-order chi connectivity index (χ0) is 11.3. The molecule has 15 heavy (non-hydrogen) atoms. The van der Waals surface area contributed by atoms with Crippen molar-refractivity contribution in [1.29, 1.82) is 0 Å². The first kappa shape index (κ1) is 12.9. The Bertz CT molecular complexity index is 186. The minimum Gasteiger partial charge on any atom is -0.394 e. The van der Waals surface area contributed by atoms with Gasteiger partial charge in [0, 0.05) is 18.1 Å². The van der Waals surface area contributed by atoms with Gasteiger partial charge in [0.05, 0.1) is 6.61 Å². The van der Waals surface area contributed by atoms with Crippen LogP contribution < -0.4 is 5.32 Å². The quantitative estimate of drug-likeness (QED) is 0.698. The molecule has 0 amide bonds. The summed E-state index contributed by atoms with van der Waals surface area (Å²) in [5, 5.41) is 12.7. The fourth-order valence-corrected chi connectivity index (χ4v) is 2.37. The molecular weight excluding hydrogens is 188 g/mol. The van der Waals surface area contributed by atoms with Crippen LogP contribution in [-0.4, -0.2) is 47.8 Å². The highest BCUT2D eigenvalue weighted by Gasteiger charge is 2.26. The molecule has 1 rings (SSSR count). The molecule has 1 aliphatic heterocycles. The monoisotopic (exact) mass is 214 g/mol. The van der Waals surface area contributed by atoms with Gasteiger partial charge in [0.2, 0.25) is 0 Å². The second kappa shape index (κ2) is 5.83. The van der Waals surface area contributed by atoms with Gasteiger partial charge < -0.3 is 15.3 Å². The Morgan fingerprint density at radius 1 is 1.53 bits per heavy atom. The topological polar surface area (TPSA) is 35.5 Å². The van der Waals surface area contributed by atoms with Crippen molar-refractivity contribution in [2.75, 3.05) is 26.2 Å². The smallest absolute Gasteiger partial charge is 0.0611 e. The average molecular weight is 214 g/mol. The van der Waals surface area contributed by atoms with E-state index in [4.69, 9.17) is 0 Å². The molecule has 0 aromatic heterocycles. The lowest BCUT2D eigenvalue weighted by molar-refractivity contribution is 0.145. The summed E-state index contributed by atoms with van der Waals surface area (Å²) in [6.45, 7) is 9.98. The van der Waals surface area contributed by atoms with Crippen molar-refractivity contribution < 1.29 is 5.11 Å². The molecule has 3 heteroatoms. The van der Waals surface area contributed by atoms with E-state index in [1.807, 2.05) is 0 Å². The van der Waals surface area contributed by atoms with Crippen LogP contribution in [0, 0.1) is 0 Å². The van der Waals surface area contributed by atoms with E-state index in [-0.39, 0.29) is 12.1 Å². The van der Waals surface area contributed by atoms with Gasteiger partial charge in [0.25, 0.3) is 0 Å². The van der Waals surface area contributed by atoms with Crippen molar-refractivity contribution in [3.8, 4) is 0 Å². The molecule has 2 unspecified atom stereocenters. The first-order valence-corrected chi connectivity index (χ1v) is 6.21. The highest BCUT2D eigenvalue weighted by atomic mass is 16.3. The van der Waals surface area contributed by atoms with E-state index in [9.17, 15) is 5.11 Å². The first-order chi connectivity index (χ1) is 7.11. The molecule has 0 radical (unpaired) electrons. The molecule has 0 spiro atoms. The van der Waals surface area contributed by atoms with Crippen LogP contribution in [0.2, 0.25) is 0 Å². The van der Waals surface area contributed by atoms with Gasteiger partial charge in [0.1, 0.15) is 0 Å². The van der Waals surface area contributed by atoms with E-state index in [1.54, 1.807) is 0 Å². The van der Waals surface area contributed by atoms with Gasteiger partial charge in [0.15, 0.2) is 0 Å². The number of aliphatic hydroxyl groups excluding tert-OH is 1. The number of hydrogen-bond donors (Lipinski definition) is 2. The van der Waals surface area contributed by atoms with Crippen molar-refractivity contribution >= 4 is 0 Å². The number of likely N-dealkylation sites (N-methyl/N-ethyl adjacent to an activating group) is 1. The fraction of sp³-hybridized carbons (Fsp3) is 1.00. The standard InChI is InChI=1S/C12H26N2O/c1-4-13-12(3,10-15)7-9-14-8-5-6-11(14)2/h11,13,15H,4-10H2,1-3H3. The van der Waals surface area contributed by atoms with Crippen molar-refractivity contribution in [1.82, 2.24) is 10.2 Å². The van der Waals surface area contributed by atoms with Crippen molar-refractivity contribution in [2.24, 2.45) is 0 Å². The molecule has 0 aromatic carbocycles. The Balaban J connectivity index is 2.33. The fourth-order valence-electron chi connectivity index (χ4n) is 2.37. The summed E-state index contributed by atoms with van der Waals surface area (Å²) in [7, 11) is 0. The van der Waals surface area contributed by atoms with Gasteiger partial charge in [-0.25, -0.2) is 0 Å². The van der Waals surface area contributed by atoms with Crippen LogP contribution in [0.15, 0.2) is 0 Å². The third-order valence-electron chi connectivity index (χ3n) is 3.59. The molecule has 1 aliphatic rings. The summed E-state index contributed by atoms with van der Waals surface area (Å²) in [5.74, 6) is 0. The molecule has 1 saturated heterocycles. The van der Waals surface area contributed by atoms with Crippen molar-refractivity contribution in [3.63, 3.8) is 0 Å². The van der Waals surface area contributed by atoms with Crippen LogP contribution in [-0.2, 0) is 0 Å². The Kier molecular flexibility index (Phi) is 5.03. The number of likely N-dealkylation sites (tertiary alicyclic amines) is 1. The predicted octanol–water partition coefficient (Wildman–Crippen LogP) is 1.22. The Labute approximate surface area is 93.9 Å². The number of nitrogens with zero attached hydrogens (tertiary/aromatic N) is 1. The maximum atomic E-state index is 9.38. The normalized spacial score (nSPS) is 26.8. The van der Waals surface area contributed by atoms with E-state index >= 15 is 0 Å². The van der Waals surface area contributed by atoms with Gasteiger partial charge in [-0.3, -0.25) is 0 Å². The predicted molar refractivity (Wildman–Crippen MR) is 64.1 cm³/mol. The highest BCUT2D eigenvalue weighted by Crippen LogP contribution is 2.19. The van der Waals surface area contributed by atoms with Gasteiger partial charge in [-0.15, -0.1) is 0 Å². The largest absolute Gasteiger partial charge is 0.394 e. The Morgan fingerprint density at radius 3 is 2.73 bits per heavy atom. The van der Waals surface area contributed by atoms with Crippen LogP contribution in [0.3, 0.4) is 0 Å². The highest BCUT2D eigenvalue weighted by molar-refractivity contribution is 4.85. The molecule has 0 saturated carbocycles. The first-order valence-electron chi connectivity index (χ1n) is 6.21. The minimum atomic E-state index is -0.100. The summed E-state index contributed by atoms with van der Waals surface area (Å²) in [6.07, 6.45) is 3.69. The van der Waals surface area contributed by atoms with Crippen molar-refractivity contribution in [3.05, 3.63) is 0 Å². The van der Waals surface area contributed by atoms with Crippen LogP contribution in [0.1, 0.15) is 40.0 Å². The molecule has 0 bridgehead atoms. The average Bonchev–Trinajstić information content (AvgIpc) is 2.62. The molecule has 2 N–H and O–H groups in total. The van der Waals surface area contributed by atoms with Crippen molar-refractivity contribution in [2.45, 2.75) is 51.6 Å². The van der Waals surface area contributed by atoms with E-state index in [0.717, 1.165) is 25.6 Å². The number of rotatable bonds is 6. The maximum Gasteiger partial charge on any atom is 0.0611 e. The molecule has 1 fully saturated rings. The molecule has 0 aromatic rings. The van der Waals surface area contributed by atoms with E-state index < -0.39 is 0 Å². The van der Waals surface area contributed by atoms with Crippen LogP contribution >= 0.6 is 0 Å². The zero-order valence-electron chi connectivity index (χ0n) is 10.4. The summed E-state index contributed by atoms with van der Waals surface area (Å²) >= 11 is 0. The van der Waals surface area contributed by atoms with Gasteiger partial charge in [-0.2, -0.15) is 0 Å². The lowest BCUT2D eigenvalue weighted by atomic mass is 9.98. The van der Waals surface area contributed by atoms with Crippen LogP contribution in [0.25, 0.3) is 0 Å². The molecule has 3 nitrogen and oxygen atoms in total. The summed E-state index contributed by atoms with van der Waals surface area (Å²) < 4.78 is 0. The third-order valence-corrected chi connectivity index (χ3v) is 3.59. The number of nitrogens with one attached hydrogen (secondary N) is 1. The second-order valence-corrected chi connectivity index (χ2v) is 5.03. The zero-order valence-corrected chi connectivity index (χ0v) is 10.4. The minimum absolute atomic E-state index is 0.100. The number of aliphatic hydroxyl groups is 1. The van der Waals surface area contributed by atoms with Gasteiger partial charge >= 0.3 is 0 Å². The molecule has 1 heterocycles. The Hall–Kier alpha value is -0.120.